The molecule has 0 aliphatic rings. The SMILES string of the molecule is CC(C)(CO)Oc1ccc(C(O)c2ccc(Cl)cc2)cc1. The molecule has 0 saturated heterocycles. The first-order valence-electron chi connectivity index (χ1n) is 6.75. The third-order valence-corrected chi connectivity index (χ3v) is 3.41. The van der Waals surface area contributed by atoms with Crippen LogP contribution < -0.4 is 4.74 Å². The summed E-state index contributed by atoms with van der Waals surface area (Å²) in [4.78, 5) is 0. The lowest BCUT2D eigenvalue weighted by Gasteiger charge is -2.24. The van der Waals surface area contributed by atoms with Gasteiger partial charge in [-0.15, -0.1) is 0 Å². The first-order chi connectivity index (χ1) is 9.91. The van der Waals surface area contributed by atoms with Gasteiger partial charge in [-0.05, 0) is 49.2 Å². The second-order valence-corrected chi connectivity index (χ2v) is 5.98. The van der Waals surface area contributed by atoms with Crippen molar-refractivity contribution in [3.63, 3.8) is 0 Å². The van der Waals surface area contributed by atoms with Crippen molar-refractivity contribution in [2.45, 2.75) is 25.6 Å². The average molecular weight is 307 g/mol. The van der Waals surface area contributed by atoms with Crippen LogP contribution in [-0.4, -0.2) is 22.4 Å². The summed E-state index contributed by atoms with van der Waals surface area (Å²) in [5.41, 5.74) is 0.922. The van der Waals surface area contributed by atoms with Crippen molar-refractivity contribution >= 4 is 11.6 Å². The Morgan fingerprint density at radius 2 is 1.48 bits per heavy atom. The highest BCUT2D eigenvalue weighted by Gasteiger charge is 2.18. The monoisotopic (exact) mass is 306 g/mol. The minimum atomic E-state index is -0.706. The topological polar surface area (TPSA) is 49.7 Å². The van der Waals surface area contributed by atoms with E-state index >= 15 is 0 Å². The predicted octanol–water partition coefficient (Wildman–Crippen LogP) is 3.57. The lowest BCUT2D eigenvalue weighted by Crippen LogP contribution is -2.32. The van der Waals surface area contributed by atoms with Gasteiger partial charge in [0.1, 0.15) is 17.5 Å². The van der Waals surface area contributed by atoms with Crippen LogP contribution in [0.1, 0.15) is 31.1 Å². The van der Waals surface area contributed by atoms with Gasteiger partial charge in [-0.25, -0.2) is 0 Å². The molecule has 0 saturated carbocycles. The van der Waals surface area contributed by atoms with Crippen molar-refractivity contribution in [1.82, 2.24) is 0 Å². The van der Waals surface area contributed by atoms with Crippen LogP contribution in [-0.2, 0) is 0 Å². The molecule has 4 heteroatoms. The molecule has 0 radical (unpaired) electrons. The molecule has 1 unspecified atom stereocenters. The number of benzene rings is 2. The minimum absolute atomic E-state index is 0.0673. The van der Waals surface area contributed by atoms with E-state index in [4.69, 9.17) is 16.3 Å². The van der Waals surface area contributed by atoms with Crippen LogP contribution in [0, 0.1) is 0 Å². The Balaban J connectivity index is 2.13. The molecule has 0 spiro atoms. The van der Waals surface area contributed by atoms with Crippen molar-refractivity contribution in [1.29, 1.82) is 0 Å². The number of hydrogen-bond acceptors (Lipinski definition) is 3. The van der Waals surface area contributed by atoms with Crippen molar-refractivity contribution < 1.29 is 14.9 Å². The molecular formula is C17H19ClO3. The number of rotatable bonds is 5. The third kappa shape index (κ3) is 4.21. The van der Waals surface area contributed by atoms with Gasteiger partial charge in [0.2, 0.25) is 0 Å². The summed E-state index contributed by atoms with van der Waals surface area (Å²) in [6.07, 6.45) is -0.706. The maximum Gasteiger partial charge on any atom is 0.126 e. The van der Waals surface area contributed by atoms with Crippen LogP contribution in [0.4, 0.5) is 0 Å². The maximum absolute atomic E-state index is 10.3. The first-order valence-corrected chi connectivity index (χ1v) is 7.12. The lowest BCUT2D eigenvalue weighted by atomic mass is 10.0. The van der Waals surface area contributed by atoms with Gasteiger partial charge in [0.05, 0.1) is 6.61 Å². The summed E-state index contributed by atoms with van der Waals surface area (Å²) in [6, 6.07) is 14.3. The highest BCUT2D eigenvalue weighted by atomic mass is 35.5. The summed E-state index contributed by atoms with van der Waals surface area (Å²) in [5.74, 6) is 0.654. The highest BCUT2D eigenvalue weighted by Crippen LogP contribution is 2.26. The van der Waals surface area contributed by atoms with Gasteiger partial charge in [0, 0.05) is 5.02 Å². The molecule has 112 valence electrons. The predicted molar refractivity (Wildman–Crippen MR) is 83.7 cm³/mol. The molecule has 2 aromatic carbocycles. The molecule has 2 rings (SSSR count). The summed E-state index contributed by atoms with van der Waals surface area (Å²) in [6.45, 7) is 3.55. The number of hydrogen-bond donors (Lipinski definition) is 2. The van der Waals surface area contributed by atoms with Gasteiger partial charge in [-0.1, -0.05) is 35.9 Å². The highest BCUT2D eigenvalue weighted by molar-refractivity contribution is 6.30. The first kappa shape index (κ1) is 15.8. The van der Waals surface area contributed by atoms with Crippen LogP contribution in [0.15, 0.2) is 48.5 Å². The van der Waals surface area contributed by atoms with E-state index in [1.54, 1.807) is 36.4 Å². The van der Waals surface area contributed by atoms with Gasteiger partial charge < -0.3 is 14.9 Å². The Morgan fingerprint density at radius 1 is 1.00 bits per heavy atom. The smallest absolute Gasteiger partial charge is 0.126 e. The fraction of sp³-hybridized carbons (Fsp3) is 0.294. The van der Waals surface area contributed by atoms with Crippen LogP contribution in [0.5, 0.6) is 5.75 Å². The Hall–Kier alpha value is -1.55. The third-order valence-electron chi connectivity index (χ3n) is 3.16. The molecule has 21 heavy (non-hydrogen) atoms. The Kier molecular flexibility index (Phi) is 4.88. The molecule has 0 amide bonds. The van der Waals surface area contributed by atoms with E-state index in [1.165, 1.54) is 0 Å². The van der Waals surface area contributed by atoms with Gasteiger partial charge in [0.15, 0.2) is 0 Å². The van der Waals surface area contributed by atoms with E-state index in [-0.39, 0.29) is 6.61 Å². The van der Waals surface area contributed by atoms with Crippen LogP contribution in [0.25, 0.3) is 0 Å². The van der Waals surface area contributed by atoms with Gasteiger partial charge in [-0.2, -0.15) is 0 Å². The molecule has 1 atom stereocenters. The second kappa shape index (κ2) is 6.48. The number of aliphatic hydroxyl groups is 2. The van der Waals surface area contributed by atoms with Crippen molar-refractivity contribution in [2.75, 3.05) is 6.61 Å². The molecule has 2 aromatic rings. The number of aliphatic hydroxyl groups excluding tert-OH is 2. The second-order valence-electron chi connectivity index (χ2n) is 5.54. The zero-order valence-corrected chi connectivity index (χ0v) is 12.8. The number of halogens is 1. The number of ether oxygens (including phenoxy) is 1. The maximum atomic E-state index is 10.3. The van der Waals surface area contributed by atoms with Gasteiger partial charge >= 0.3 is 0 Å². The fourth-order valence-corrected chi connectivity index (χ4v) is 2.03. The molecule has 0 bridgehead atoms. The van der Waals surface area contributed by atoms with E-state index in [1.807, 2.05) is 26.0 Å². The van der Waals surface area contributed by atoms with E-state index in [0.29, 0.717) is 10.8 Å². The normalized spacial score (nSPS) is 13.0. The van der Waals surface area contributed by atoms with Crippen LogP contribution in [0.3, 0.4) is 0 Å². The molecule has 0 aliphatic carbocycles. The average Bonchev–Trinajstić information content (AvgIpc) is 2.48. The Bertz CT molecular complexity index is 576. The molecule has 0 aromatic heterocycles. The molecule has 2 N–H and O–H groups in total. The van der Waals surface area contributed by atoms with Crippen LogP contribution in [0.2, 0.25) is 5.02 Å². The van der Waals surface area contributed by atoms with Gasteiger partial charge in [0.25, 0.3) is 0 Å². The Morgan fingerprint density at radius 3 is 1.95 bits per heavy atom. The molecular weight excluding hydrogens is 288 g/mol. The molecule has 0 fully saturated rings. The zero-order chi connectivity index (χ0) is 15.5. The van der Waals surface area contributed by atoms with Crippen molar-refractivity contribution in [2.24, 2.45) is 0 Å². The summed E-state index contributed by atoms with van der Waals surface area (Å²) in [5, 5.41) is 20.2. The zero-order valence-electron chi connectivity index (χ0n) is 12.1. The minimum Gasteiger partial charge on any atom is -0.485 e. The quantitative estimate of drug-likeness (QED) is 0.888. The molecule has 0 heterocycles. The molecule has 3 nitrogen and oxygen atoms in total. The van der Waals surface area contributed by atoms with Crippen molar-refractivity contribution in [3.05, 3.63) is 64.7 Å². The van der Waals surface area contributed by atoms with E-state index in [9.17, 15) is 10.2 Å². The lowest BCUT2D eigenvalue weighted by molar-refractivity contribution is 0.0412. The van der Waals surface area contributed by atoms with Crippen LogP contribution >= 0.6 is 11.6 Å². The van der Waals surface area contributed by atoms with E-state index in [2.05, 4.69) is 0 Å². The largest absolute Gasteiger partial charge is 0.485 e. The van der Waals surface area contributed by atoms with E-state index < -0.39 is 11.7 Å². The molecule has 0 aliphatic heterocycles. The summed E-state index contributed by atoms with van der Waals surface area (Å²) < 4.78 is 5.66. The van der Waals surface area contributed by atoms with Gasteiger partial charge in [-0.3, -0.25) is 0 Å². The fourth-order valence-electron chi connectivity index (χ4n) is 1.91. The standard InChI is InChI=1S/C17H19ClO3/c1-17(2,11-19)21-15-9-5-13(6-10-15)16(20)12-3-7-14(18)8-4-12/h3-10,16,19-20H,11H2,1-2H3. The van der Waals surface area contributed by atoms with Crippen molar-refractivity contribution in [3.8, 4) is 5.75 Å². The summed E-state index contributed by atoms with van der Waals surface area (Å²) in [7, 11) is 0. The van der Waals surface area contributed by atoms with E-state index in [0.717, 1.165) is 11.1 Å². The summed E-state index contributed by atoms with van der Waals surface area (Å²) >= 11 is 5.84. The Labute approximate surface area is 129 Å².